The molecule has 20 heavy (non-hydrogen) atoms. The minimum atomic E-state index is -0.366. The molecular weight excluding hydrogens is 318 g/mol. The van der Waals surface area contributed by atoms with Crippen LogP contribution in [0.1, 0.15) is 24.8 Å². The summed E-state index contributed by atoms with van der Waals surface area (Å²) in [4.78, 5) is 23.1. The first kappa shape index (κ1) is 12.0. The first-order valence-corrected chi connectivity index (χ1v) is 7.44. The molecule has 0 bridgehead atoms. The highest BCUT2D eigenvalue weighted by Gasteiger charge is 2.56. The molecule has 0 N–H and O–H groups in total. The maximum Gasteiger partial charge on any atom is 0.244 e. The van der Waals surface area contributed by atoms with Crippen molar-refractivity contribution in [3.05, 3.63) is 46.7 Å². The summed E-state index contributed by atoms with van der Waals surface area (Å²) in [6, 6.07) is 7.68. The Bertz CT molecular complexity index is 698. The van der Waals surface area contributed by atoms with Crippen LogP contribution in [-0.2, 0) is 10.2 Å². The van der Waals surface area contributed by atoms with Gasteiger partial charge >= 0.3 is 0 Å². The third-order valence-electron chi connectivity index (χ3n) is 4.28. The van der Waals surface area contributed by atoms with Gasteiger partial charge in [0, 0.05) is 22.4 Å². The van der Waals surface area contributed by atoms with Gasteiger partial charge in [0.05, 0.1) is 11.1 Å². The SMILES string of the molecule is O=C1N(c2ncccn2)c2cccc(Br)c2C12CCC2. The molecule has 1 amide bonds. The van der Waals surface area contributed by atoms with Gasteiger partial charge in [0.15, 0.2) is 0 Å². The monoisotopic (exact) mass is 329 g/mol. The Morgan fingerprint density at radius 3 is 2.55 bits per heavy atom. The molecule has 1 saturated carbocycles. The average Bonchev–Trinajstić information content (AvgIpc) is 2.69. The summed E-state index contributed by atoms with van der Waals surface area (Å²) in [6.07, 6.45) is 6.24. The molecule has 2 aliphatic rings. The number of halogens is 1. The predicted octanol–water partition coefficient (Wildman–Crippen LogP) is 3.34. The fourth-order valence-electron chi connectivity index (χ4n) is 3.20. The molecule has 0 saturated heterocycles. The molecule has 1 aliphatic carbocycles. The van der Waals surface area contributed by atoms with Crippen molar-refractivity contribution in [2.75, 3.05) is 4.90 Å². The number of carbonyl (C=O) groups excluding carboxylic acids is 1. The van der Waals surface area contributed by atoms with Gasteiger partial charge in [-0.25, -0.2) is 14.9 Å². The van der Waals surface area contributed by atoms with Crippen LogP contribution in [0.3, 0.4) is 0 Å². The smallest absolute Gasteiger partial charge is 0.244 e. The summed E-state index contributed by atoms with van der Waals surface area (Å²) in [5.74, 6) is 0.567. The van der Waals surface area contributed by atoms with Gasteiger partial charge in [0.25, 0.3) is 0 Å². The van der Waals surface area contributed by atoms with E-state index < -0.39 is 0 Å². The number of hydrogen-bond donors (Lipinski definition) is 0. The second-order valence-electron chi connectivity index (χ2n) is 5.26. The molecule has 0 unspecified atom stereocenters. The Kier molecular flexibility index (Phi) is 2.48. The van der Waals surface area contributed by atoms with Gasteiger partial charge < -0.3 is 0 Å². The van der Waals surface area contributed by atoms with Gasteiger partial charge in [-0.05, 0) is 31.0 Å². The molecule has 0 atom stereocenters. The molecule has 1 aliphatic heterocycles. The van der Waals surface area contributed by atoms with Crippen molar-refractivity contribution >= 4 is 33.5 Å². The minimum absolute atomic E-state index is 0.108. The molecule has 5 heteroatoms. The predicted molar refractivity (Wildman–Crippen MR) is 78.8 cm³/mol. The van der Waals surface area contributed by atoms with E-state index >= 15 is 0 Å². The highest BCUT2D eigenvalue weighted by molar-refractivity contribution is 9.10. The lowest BCUT2D eigenvalue weighted by atomic mass is 9.65. The molecule has 1 fully saturated rings. The number of nitrogens with zero attached hydrogens (tertiary/aromatic N) is 3. The molecule has 1 aromatic heterocycles. The van der Waals surface area contributed by atoms with Crippen molar-refractivity contribution in [3.8, 4) is 0 Å². The van der Waals surface area contributed by atoms with Crippen molar-refractivity contribution in [3.63, 3.8) is 0 Å². The lowest BCUT2D eigenvalue weighted by molar-refractivity contribution is -0.125. The van der Waals surface area contributed by atoms with E-state index in [1.54, 1.807) is 23.4 Å². The number of hydrogen-bond acceptors (Lipinski definition) is 3. The lowest BCUT2D eigenvalue weighted by Gasteiger charge is -2.37. The van der Waals surface area contributed by atoms with Crippen LogP contribution in [0, 0.1) is 0 Å². The first-order chi connectivity index (χ1) is 9.74. The third kappa shape index (κ3) is 1.38. The van der Waals surface area contributed by atoms with E-state index in [4.69, 9.17) is 0 Å². The van der Waals surface area contributed by atoms with Crippen molar-refractivity contribution in [1.29, 1.82) is 0 Å². The van der Waals surface area contributed by atoms with E-state index in [-0.39, 0.29) is 11.3 Å². The third-order valence-corrected chi connectivity index (χ3v) is 4.94. The zero-order valence-corrected chi connectivity index (χ0v) is 12.3. The number of amides is 1. The Morgan fingerprint density at radius 1 is 1.15 bits per heavy atom. The standard InChI is InChI=1S/C15H12BrN3O/c16-10-4-1-5-11-12(10)15(6-2-7-15)13(20)19(11)14-17-8-3-9-18-14/h1,3-5,8-9H,2,6-7H2. The number of aromatic nitrogens is 2. The van der Waals surface area contributed by atoms with Crippen LogP contribution in [0.15, 0.2) is 41.1 Å². The zero-order chi connectivity index (χ0) is 13.7. The number of benzene rings is 1. The molecule has 100 valence electrons. The molecule has 1 aromatic carbocycles. The minimum Gasteiger partial charge on any atom is -0.273 e. The van der Waals surface area contributed by atoms with E-state index in [9.17, 15) is 4.79 Å². The summed E-state index contributed by atoms with van der Waals surface area (Å²) >= 11 is 3.61. The first-order valence-electron chi connectivity index (χ1n) is 6.65. The van der Waals surface area contributed by atoms with E-state index in [1.165, 1.54) is 0 Å². The van der Waals surface area contributed by atoms with Gasteiger partial charge in [-0.2, -0.15) is 0 Å². The fraction of sp³-hybridized carbons (Fsp3) is 0.267. The average molecular weight is 330 g/mol. The Balaban J connectivity index is 1.96. The maximum absolute atomic E-state index is 12.9. The van der Waals surface area contributed by atoms with E-state index in [1.807, 2.05) is 18.2 Å². The van der Waals surface area contributed by atoms with E-state index in [0.717, 1.165) is 35.0 Å². The van der Waals surface area contributed by atoms with Gasteiger partial charge in [-0.3, -0.25) is 4.79 Å². The van der Waals surface area contributed by atoms with Crippen LogP contribution in [0.4, 0.5) is 11.6 Å². The highest BCUT2D eigenvalue weighted by atomic mass is 79.9. The molecule has 2 aromatic rings. The summed E-state index contributed by atoms with van der Waals surface area (Å²) in [5.41, 5.74) is 1.65. The number of rotatable bonds is 1. The topological polar surface area (TPSA) is 46.1 Å². The largest absolute Gasteiger partial charge is 0.273 e. The Morgan fingerprint density at radius 2 is 1.90 bits per heavy atom. The van der Waals surface area contributed by atoms with Crippen LogP contribution < -0.4 is 4.90 Å². The highest BCUT2D eigenvalue weighted by Crippen LogP contribution is 2.56. The van der Waals surface area contributed by atoms with Gasteiger partial charge in [-0.1, -0.05) is 28.4 Å². The van der Waals surface area contributed by atoms with E-state index in [2.05, 4.69) is 25.9 Å². The van der Waals surface area contributed by atoms with Gasteiger partial charge in [-0.15, -0.1) is 0 Å². The molecular formula is C15H12BrN3O. The summed E-state index contributed by atoms with van der Waals surface area (Å²) in [5, 5.41) is 0. The van der Waals surface area contributed by atoms with Crippen LogP contribution in [0.2, 0.25) is 0 Å². The molecule has 0 radical (unpaired) electrons. The molecule has 1 spiro atoms. The molecule has 4 nitrogen and oxygen atoms in total. The number of anilines is 2. The second kappa shape index (κ2) is 4.12. The van der Waals surface area contributed by atoms with Crippen molar-refractivity contribution in [1.82, 2.24) is 9.97 Å². The second-order valence-corrected chi connectivity index (χ2v) is 6.11. The summed E-state index contributed by atoms with van der Waals surface area (Å²) < 4.78 is 1.00. The van der Waals surface area contributed by atoms with Crippen molar-refractivity contribution in [2.24, 2.45) is 0 Å². The van der Waals surface area contributed by atoms with Crippen molar-refractivity contribution in [2.45, 2.75) is 24.7 Å². The van der Waals surface area contributed by atoms with Crippen LogP contribution in [-0.4, -0.2) is 15.9 Å². The maximum atomic E-state index is 12.9. The Labute approximate surface area is 125 Å². The molecule has 2 heterocycles. The quantitative estimate of drug-likeness (QED) is 0.806. The summed E-state index contributed by atoms with van der Waals surface area (Å²) in [6.45, 7) is 0. The van der Waals surface area contributed by atoms with Crippen LogP contribution in [0.5, 0.6) is 0 Å². The fourth-order valence-corrected chi connectivity index (χ4v) is 3.94. The summed E-state index contributed by atoms with van der Waals surface area (Å²) in [7, 11) is 0. The van der Waals surface area contributed by atoms with Gasteiger partial charge in [0.2, 0.25) is 11.9 Å². The van der Waals surface area contributed by atoms with E-state index in [0.29, 0.717) is 5.95 Å². The number of fused-ring (bicyclic) bond motifs is 2. The molecule has 4 rings (SSSR count). The van der Waals surface area contributed by atoms with Gasteiger partial charge in [0.1, 0.15) is 0 Å². The van der Waals surface area contributed by atoms with Crippen LogP contribution >= 0.6 is 15.9 Å². The van der Waals surface area contributed by atoms with Crippen LogP contribution in [0.25, 0.3) is 0 Å². The number of carbonyl (C=O) groups is 1. The zero-order valence-electron chi connectivity index (χ0n) is 10.7. The lowest BCUT2D eigenvalue weighted by Crippen LogP contribution is -2.44. The normalized spacial score (nSPS) is 19.1. The Hall–Kier alpha value is -1.75. The van der Waals surface area contributed by atoms with Crippen molar-refractivity contribution < 1.29 is 4.79 Å².